The van der Waals surface area contributed by atoms with Crippen molar-refractivity contribution in [2.75, 3.05) is 18.1 Å². The highest BCUT2D eigenvalue weighted by Gasteiger charge is 2.33. The molecule has 4 heterocycles. The third-order valence-corrected chi connectivity index (χ3v) is 8.34. The minimum atomic E-state index is -3.05. The molecule has 2 aliphatic heterocycles. The van der Waals surface area contributed by atoms with Gasteiger partial charge in [0.2, 0.25) is 0 Å². The van der Waals surface area contributed by atoms with Gasteiger partial charge in [0.15, 0.2) is 15.5 Å². The number of amides is 1. The third-order valence-electron chi connectivity index (χ3n) is 5.70. The highest BCUT2D eigenvalue weighted by atomic mass is 32.2. The summed E-state index contributed by atoms with van der Waals surface area (Å²) in [7, 11) is -3.05. The molecule has 0 N–H and O–H groups in total. The van der Waals surface area contributed by atoms with Crippen LogP contribution in [0.5, 0.6) is 0 Å². The minimum absolute atomic E-state index is 0.0811. The Balaban J connectivity index is 1.48. The summed E-state index contributed by atoms with van der Waals surface area (Å²) in [5, 5.41) is 6.59. The van der Waals surface area contributed by atoms with E-state index in [4.69, 9.17) is 0 Å². The predicted molar refractivity (Wildman–Crippen MR) is 113 cm³/mol. The van der Waals surface area contributed by atoms with Crippen LogP contribution >= 0.6 is 11.3 Å². The first-order valence-electron chi connectivity index (χ1n) is 9.70. The maximum Gasteiger partial charge on any atom is 0.274 e. The van der Waals surface area contributed by atoms with Crippen molar-refractivity contribution in [3.05, 3.63) is 64.7 Å². The van der Waals surface area contributed by atoms with Crippen molar-refractivity contribution in [2.45, 2.75) is 25.4 Å². The minimum Gasteiger partial charge on any atom is -0.333 e. The zero-order chi connectivity index (χ0) is 20.0. The number of thiophene rings is 1. The van der Waals surface area contributed by atoms with Crippen LogP contribution in [-0.4, -0.2) is 47.1 Å². The average Bonchev–Trinajstić information content (AvgIpc) is 3.46. The Morgan fingerprint density at radius 3 is 2.69 bits per heavy atom. The summed E-state index contributed by atoms with van der Waals surface area (Å²) in [6.07, 6.45) is 1.37. The van der Waals surface area contributed by atoms with E-state index in [-0.39, 0.29) is 23.5 Å². The molecule has 1 saturated heterocycles. The van der Waals surface area contributed by atoms with Crippen molar-refractivity contribution >= 4 is 27.1 Å². The second kappa shape index (κ2) is 7.11. The topological polar surface area (TPSA) is 72.3 Å². The molecular weight excluding hydrogens is 406 g/mol. The molecular formula is C21H21N3O3S2. The zero-order valence-corrected chi connectivity index (χ0v) is 17.5. The lowest BCUT2D eigenvalue weighted by Crippen LogP contribution is -2.36. The van der Waals surface area contributed by atoms with Gasteiger partial charge in [0.05, 0.1) is 28.1 Å². The zero-order valence-electron chi connectivity index (χ0n) is 15.8. The van der Waals surface area contributed by atoms with Gasteiger partial charge in [-0.25, -0.2) is 8.42 Å². The number of hydrogen-bond acceptors (Lipinski definition) is 5. The number of benzene rings is 1. The molecule has 6 nitrogen and oxygen atoms in total. The van der Waals surface area contributed by atoms with E-state index in [0.29, 0.717) is 25.2 Å². The number of rotatable bonds is 3. The lowest BCUT2D eigenvalue weighted by atomic mass is 10.00. The molecule has 0 spiro atoms. The van der Waals surface area contributed by atoms with Gasteiger partial charge in [-0.1, -0.05) is 30.3 Å². The van der Waals surface area contributed by atoms with Crippen LogP contribution in [0, 0.1) is 0 Å². The first-order chi connectivity index (χ1) is 14.0. The molecule has 1 atom stereocenters. The van der Waals surface area contributed by atoms with Crippen LogP contribution in [-0.2, 0) is 22.8 Å². The summed E-state index contributed by atoms with van der Waals surface area (Å²) in [4.78, 5) is 16.0. The fourth-order valence-electron chi connectivity index (χ4n) is 4.18. The van der Waals surface area contributed by atoms with Gasteiger partial charge in [-0.05, 0) is 41.5 Å². The average molecular weight is 428 g/mol. The van der Waals surface area contributed by atoms with Gasteiger partial charge in [0, 0.05) is 13.1 Å². The number of carbonyl (C=O) groups excluding carboxylic acids is 1. The molecule has 0 saturated carbocycles. The normalized spacial score (nSPS) is 20.6. The number of fused-ring (bicyclic) bond motifs is 1. The Kier molecular flexibility index (Phi) is 4.55. The van der Waals surface area contributed by atoms with Crippen LogP contribution in [0.3, 0.4) is 0 Å². The monoisotopic (exact) mass is 427 g/mol. The molecule has 5 rings (SSSR count). The van der Waals surface area contributed by atoms with Crippen LogP contribution in [0.4, 0.5) is 0 Å². The molecule has 8 heteroatoms. The van der Waals surface area contributed by atoms with Gasteiger partial charge >= 0.3 is 0 Å². The molecule has 0 bridgehead atoms. The first kappa shape index (κ1) is 18.6. The van der Waals surface area contributed by atoms with Gasteiger partial charge < -0.3 is 4.90 Å². The molecule has 0 aliphatic carbocycles. The van der Waals surface area contributed by atoms with Gasteiger partial charge in [-0.2, -0.15) is 5.10 Å². The maximum absolute atomic E-state index is 13.2. The number of carbonyl (C=O) groups is 1. The van der Waals surface area contributed by atoms with Gasteiger partial charge in [0.25, 0.3) is 5.91 Å². The van der Waals surface area contributed by atoms with Crippen LogP contribution in [0.25, 0.3) is 10.6 Å². The fraction of sp³-hybridized carbons (Fsp3) is 0.333. The number of aromatic nitrogens is 2. The summed E-state index contributed by atoms with van der Waals surface area (Å²) in [6.45, 7) is 1.24. The fourth-order valence-corrected chi connectivity index (χ4v) is 6.61. The van der Waals surface area contributed by atoms with Crippen LogP contribution < -0.4 is 0 Å². The molecule has 0 unspecified atom stereocenters. The van der Waals surface area contributed by atoms with Gasteiger partial charge in [-0.3, -0.25) is 9.48 Å². The van der Waals surface area contributed by atoms with Crippen LogP contribution in [0.2, 0.25) is 0 Å². The van der Waals surface area contributed by atoms with Gasteiger partial charge in [0.1, 0.15) is 0 Å². The highest BCUT2D eigenvalue weighted by molar-refractivity contribution is 7.91. The van der Waals surface area contributed by atoms with Crippen LogP contribution in [0.15, 0.2) is 47.8 Å². The molecule has 2 aromatic heterocycles. The molecule has 3 aromatic rings. The number of sulfone groups is 1. The van der Waals surface area contributed by atoms with Crippen molar-refractivity contribution in [3.8, 4) is 10.6 Å². The van der Waals surface area contributed by atoms with E-state index >= 15 is 0 Å². The summed E-state index contributed by atoms with van der Waals surface area (Å²) >= 11 is 1.57. The van der Waals surface area contributed by atoms with E-state index in [1.165, 1.54) is 11.1 Å². The molecule has 1 amide bonds. The Labute approximate surface area is 173 Å². The van der Waals surface area contributed by atoms with Gasteiger partial charge in [-0.15, -0.1) is 11.3 Å². The molecule has 1 fully saturated rings. The summed E-state index contributed by atoms with van der Waals surface area (Å²) in [6, 6.07) is 13.7. The summed E-state index contributed by atoms with van der Waals surface area (Å²) in [5.41, 5.74) is 3.67. The van der Waals surface area contributed by atoms with Crippen LogP contribution in [0.1, 0.15) is 34.1 Å². The smallest absolute Gasteiger partial charge is 0.274 e. The lowest BCUT2D eigenvalue weighted by molar-refractivity contribution is 0.0727. The highest BCUT2D eigenvalue weighted by Crippen LogP contribution is 2.33. The Morgan fingerprint density at radius 2 is 1.97 bits per heavy atom. The molecule has 150 valence electrons. The van der Waals surface area contributed by atoms with E-state index in [2.05, 4.69) is 17.2 Å². The summed E-state index contributed by atoms with van der Waals surface area (Å²) in [5.74, 6) is 0.155. The largest absolute Gasteiger partial charge is 0.333 e. The molecule has 1 aromatic carbocycles. The predicted octanol–water partition coefficient (Wildman–Crippen LogP) is 3.17. The quantitative estimate of drug-likeness (QED) is 0.644. The second-order valence-electron chi connectivity index (χ2n) is 7.64. The van der Waals surface area contributed by atoms with E-state index in [1.807, 2.05) is 40.6 Å². The standard InChI is InChI=1S/C21H21N3O3S2/c25-21(23-9-7-15-4-1-2-5-16(15)13-23)18-12-19(20-6-3-10-28-20)24(22-18)17-8-11-29(26,27)14-17/h1-6,10,12,17H,7-9,11,13-14H2/t17-/m0/s1. The molecule has 0 radical (unpaired) electrons. The Morgan fingerprint density at radius 1 is 1.14 bits per heavy atom. The van der Waals surface area contributed by atoms with Crippen molar-refractivity contribution in [2.24, 2.45) is 0 Å². The van der Waals surface area contributed by atoms with Crippen molar-refractivity contribution in [3.63, 3.8) is 0 Å². The number of nitrogens with zero attached hydrogens (tertiary/aromatic N) is 3. The third kappa shape index (κ3) is 3.51. The Bertz CT molecular complexity index is 1170. The van der Waals surface area contributed by atoms with E-state index in [1.54, 1.807) is 16.0 Å². The maximum atomic E-state index is 13.2. The Hall–Kier alpha value is -2.45. The second-order valence-corrected chi connectivity index (χ2v) is 10.8. The first-order valence-corrected chi connectivity index (χ1v) is 12.4. The van der Waals surface area contributed by atoms with Crippen molar-refractivity contribution in [1.82, 2.24) is 14.7 Å². The summed E-state index contributed by atoms with van der Waals surface area (Å²) < 4.78 is 25.8. The van der Waals surface area contributed by atoms with E-state index in [9.17, 15) is 13.2 Å². The SMILES string of the molecule is O=C(c1cc(-c2cccs2)n([C@H]2CCS(=O)(=O)C2)n1)N1CCc2ccccc2C1. The molecule has 29 heavy (non-hydrogen) atoms. The lowest BCUT2D eigenvalue weighted by Gasteiger charge is -2.28. The van der Waals surface area contributed by atoms with Crippen molar-refractivity contribution in [1.29, 1.82) is 0 Å². The van der Waals surface area contributed by atoms with E-state index in [0.717, 1.165) is 17.0 Å². The van der Waals surface area contributed by atoms with E-state index < -0.39 is 9.84 Å². The number of hydrogen-bond donors (Lipinski definition) is 0. The molecule has 2 aliphatic rings. The van der Waals surface area contributed by atoms with Crippen molar-refractivity contribution < 1.29 is 13.2 Å².